The molecule has 0 aliphatic carbocycles. The molecule has 0 unspecified atom stereocenters. The van der Waals surface area contributed by atoms with E-state index >= 15 is 0 Å². The largest absolute Gasteiger partial charge is 0.356 e. The molecular weight excluding hydrogens is 391 g/mol. The lowest BCUT2D eigenvalue weighted by Gasteiger charge is -2.11. The van der Waals surface area contributed by atoms with Crippen molar-refractivity contribution in [2.75, 3.05) is 13.6 Å². The minimum absolute atomic E-state index is 0. The van der Waals surface area contributed by atoms with Crippen LogP contribution in [0.3, 0.4) is 0 Å². The van der Waals surface area contributed by atoms with E-state index < -0.39 is 0 Å². The average molecular weight is 422 g/mol. The molecule has 0 aliphatic heterocycles. The average Bonchev–Trinajstić information content (AvgIpc) is 2.86. The number of aromatic nitrogens is 3. The lowest BCUT2D eigenvalue weighted by Crippen LogP contribution is -2.37. The Bertz CT molecular complexity index is 416. The van der Waals surface area contributed by atoms with Crippen molar-refractivity contribution in [3.05, 3.63) is 12.2 Å². The van der Waals surface area contributed by atoms with Crippen LogP contribution in [-0.2, 0) is 13.6 Å². The van der Waals surface area contributed by atoms with E-state index in [0.717, 1.165) is 24.2 Å². The predicted molar refractivity (Wildman–Crippen MR) is 103 cm³/mol. The molecule has 22 heavy (non-hydrogen) atoms. The van der Waals surface area contributed by atoms with E-state index in [1.54, 1.807) is 13.4 Å². The molecule has 1 aromatic heterocycles. The fourth-order valence-corrected chi connectivity index (χ4v) is 2.09. The molecule has 7 heteroatoms. The maximum Gasteiger partial charge on any atom is 0.191 e. The molecule has 0 aromatic carbocycles. The van der Waals surface area contributed by atoms with Gasteiger partial charge in [0.1, 0.15) is 6.33 Å². The molecule has 0 radical (unpaired) electrons. The van der Waals surface area contributed by atoms with Gasteiger partial charge in [-0.3, -0.25) is 4.99 Å². The van der Waals surface area contributed by atoms with Crippen molar-refractivity contribution < 1.29 is 0 Å². The fourth-order valence-electron chi connectivity index (χ4n) is 2.09. The molecule has 0 bridgehead atoms. The first-order valence-corrected chi connectivity index (χ1v) is 7.91. The molecular formula is C15H31IN6. The molecule has 0 aliphatic rings. The number of aliphatic imine (C=N–C) groups is 1. The zero-order valence-electron chi connectivity index (χ0n) is 14.3. The Labute approximate surface area is 151 Å². The van der Waals surface area contributed by atoms with E-state index in [1.165, 1.54) is 32.1 Å². The number of hydrogen-bond donors (Lipinski definition) is 2. The van der Waals surface area contributed by atoms with Gasteiger partial charge in [0.25, 0.3) is 0 Å². The second-order valence-electron chi connectivity index (χ2n) is 5.81. The summed E-state index contributed by atoms with van der Waals surface area (Å²) >= 11 is 0. The lowest BCUT2D eigenvalue weighted by molar-refractivity contribution is 0.518. The number of nitrogens with one attached hydrogen (secondary N) is 2. The molecule has 1 rings (SSSR count). The van der Waals surface area contributed by atoms with Crippen LogP contribution in [0.15, 0.2) is 11.3 Å². The van der Waals surface area contributed by atoms with Crippen molar-refractivity contribution in [1.29, 1.82) is 0 Å². The molecule has 6 nitrogen and oxygen atoms in total. The third-order valence-electron chi connectivity index (χ3n) is 3.44. The van der Waals surface area contributed by atoms with E-state index in [2.05, 4.69) is 39.7 Å². The smallest absolute Gasteiger partial charge is 0.191 e. The molecule has 128 valence electrons. The molecule has 0 spiro atoms. The summed E-state index contributed by atoms with van der Waals surface area (Å²) in [6.07, 6.45) is 8.17. The van der Waals surface area contributed by atoms with Crippen LogP contribution in [0.4, 0.5) is 0 Å². The monoisotopic (exact) mass is 422 g/mol. The first kappa shape index (κ1) is 21.1. The van der Waals surface area contributed by atoms with Gasteiger partial charge >= 0.3 is 0 Å². The molecule has 0 saturated heterocycles. The molecule has 2 N–H and O–H groups in total. The number of rotatable bonds is 9. The van der Waals surface area contributed by atoms with Gasteiger partial charge in [-0.05, 0) is 12.3 Å². The number of nitrogens with zero attached hydrogens (tertiary/aromatic N) is 4. The van der Waals surface area contributed by atoms with Crippen molar-refractivity contribution in [3.63, 3.8) is 0 Å². The van der Waals surface area contributed by atoms with Gasteiger partial charge in [0.15, 0.2) is 11.8 Å². The van der Waals surface area contributed by atoms with E-state index in [4.69, 9.17) is 0 Å². The highest BCUT2D eigenvalue weighted by Gasteiger charge is 2.02. The second-order valence-corrected chi connectivity index (χ2v) is 5.81. The van der Waals surface area contributed by atoms with Crippen molar-refractivity contribution in [3.8, 4) is 0 Å². The summed E-state index contributed by atoms with van der Waals surface area (Å²) in [7, 11) is 3.72. The topological polar surface area (TPSA) is 67.1 Å². The Morgan fingerprint density at radius 3 is 2.55 bits per heavy atom. The van der Waals surface area contributed by atoms with Crippen molar-refractivity contribution in [2.24, 2.45) is 18.0 Å². The van der Waals surface area contributed by atoms with Crippen molar-refractivity contribution in [1.82, 2.24) is 25.4 Å². The van der Waals surface area contributed by atoms with Gasteiger partial charge in [0.2, 0.25) is 0 Å². The van der Waals surface area contributed by atoms with Gasteiger partial charge in [-0.2, -0.15) is 0 Å². The lowest BCUT2D eigenvalue weighted by atomic mass is 10.0. The maximum atomic E-state index is 4.21. The summed E-state index contributed by atoms with van der Waals surface area (Å²) in [5.74, 6) is 2.54. The SMILES string of the molecule is CN=C(NCCCCCCC(C)C)NCc1nncn1C.I. The summed E-state index contributed by atoms with van der Waals surface area (Å²) in [6.45, 7) is 6.16. The van der Waals surface area contributed by atoms with Gasteiger partial charge in [-0.25, -0.2) is 0 Å². The van der Waals surface area contributed by atoms with E-state index in [-0.39, 0.29) is 24.0 Å². The van der Waals surface area contributed by atoms with Crippen LogP contribution in [0.2, 0.25) is 0 Å². The highest BCUT2D eigenvalue weighted by Crippen LogP contribution is 2.08. The highest BCUT2D eigenvalue weighted by atomic mass is 127. The third kappa shape index (κ3) is 9.22. The van der Waals surface area contributed by atoms with Gasteiger partial charge < -0.3 is 15.2 Å². The Morgan fingerprint density at radius 2 is 1.95 bits per heavy atom. The van der Waals surface area contributed by atoms with Crippen LogP contribution in [0.1, 0.15) is 51.8 Å². The van der Waals surface area contributed by atoms with Crippen LogP contribution < -0.4 is 10.6 Å². The van der Waals surface area contributed by atoms with Gasteiger partial charge in [-0.1, -0.05) is 39.5 Å². The highest BCUT2D eigenvalue weighted by molar-refractivity contribution is 14.0. The first-order chi connectivity index (χ1) is 10.1. The molecule has 1 aromatic rings. The first-order valence-electron chi connectivity index (χ1n) is 7.91. The minimum Gasteiger partial charge on any atom is -0.356 e. The third-order valence-corrected chi connectivity index (χ3v) is 3.44. The van der Waals surface area contributed by atoms with Gasteiger partial charge in [0.05, 0.1) is 6.54 Å². The number of hydrogen-bond acceptors (Lipinski definition) is 3. The van der Waals surface area contributed by atoms with Gasteiger partial charge in [0, 0.05) is 20.6 Å². The standard InChI is InChI=1S/C15H30N6.HI/c1-13(2)9-7-5-6-8-10-17-15(16-3)18-11-14-20-19-12-21(14)4;/h12-13H,5-11H2,1-4H3,(H2,16,17,18);1H. The fraction of sp³-hybridized carbons (Fsp3) is 0.800. The Morgan fingerprint density at radius 1 is 1.23 bits per heavy atom. The Kier molecular flexibility index (Phi) is 12.2. The quantitative estimate of drug-likeness (QED) is 0.278. The normalized spacial score (nSPS) is 11.4. The summed E-state index contributed by atoms with van der Waals surface area (Å²) < 4.78 is 1.90. The summed E-state index contributed by atoms with van der Waals surface area (Å²) in [5, 5.41) is 14.5. The number of guanidine groups is 1. The molecule has 0 fully saturated rings. The zero-order valence-corrected chi connectivity index (χ0v) is 16.6. The summed E-state index contributed by atoms with van der Waals surface area (Å²) in [5.41, 5.74) is 0. The minimum atomic E-state index is 0. The Balaban J connectivity index is 0.00000441. The number of halogens is 1. The number of aryl methyl sites for hydroxylation is 1. The second kappa shape index (κ2) is 12.7. The van der Waals surface area contributed by atoms with E-state index in [9.17, 15) is 0 Å². The molecule has 0 amide bonds. The van der Waals surface area contributed by atoms with Crippen LogP contribution in [0.25, 0.3) is 0 Å². The molecule has 1 heterocycles. The van der Waals surface area contributed by atoms with Crippen LogP contribution >= 0.6 is 24.0 Å². The van der Waals surface area contributed by atoms with Crippen molar-refractivity contribution in [2.45, 2.75) is 52.5 Å². The predicted octanol–water partition coefficient (Wildman–Crippen LogP) is 2.70. The van der Waals surface area contributed by atoms with E-state index in [0.29, 0.717) is 6.54 Å². The van der Waals surface area contributed by atoms with E-state index in [1.807, 2.05) is 11.6 Å². The van der Waals surface area contributed by atoms with Crippen molar-refractivity contribution >= 4 is 29.9 Å². The van der Waals surface area contributed by atoms with Crippen LogP contribution in [0, 0.1) is 5.92 Å². The molecule has 0 saturated carbocycles. The van der Waals surface area contributed by atoms with Gasteiger partial charge in [-0.15, -0.1) is 34.2 Å². The van der Waals surface area contributed by atoms with Crippen LogP contribution in [-0.4, -0.2) is 34.3 Å². The Hall–Kier alpha value is -0.860. The molecule has 0 atom stereocenters. The summed E-state index contributed by atoms with van der Waals surface area (Å²) in [6, 6.07) is 0. The maximum absolute atomic E-state index is 4.21. The summed E-state index contributed by atoms with van der Waals surface area (Å²) in [4.78, 5) is 4.21. The van der Waals surface area contributed by atoms with Crippen LogP contribution in [0.5, 0.6) is 0 Å². The zero-order chi connectivity index (χ0) is 15.5. The number of unbranched alkanes of at least 4 members (excludes halogenated alkanes) is 3.